The fraction of sp³-hybridized carbons (Fsp3) is 0.500. The smallest absolute Gasteiger partial charge is 0.0479 e. The third-order valence-electron chi connectivity index (χ3n) is 6.25. The summed E-state index contributed by atoms with van der Waals surface area (Å²) in [5.74, 6) is 0.514. The van der Waals surface area contributed by atoms with E-state index in [2.05, 4.69) is 71.3 Å². The van der Waals surface area contributed by atoms with E-state index in [1.165, 1.54) is 57.4 Å². The number of hydrogen-bond acceptors (Lipinski definition) is 2. The van der Waals surface area contributed by atoms with E-state index < -0.39 is 0 Å². The quantitative estimate of drug-likeness (QED) is 0.535. The maximum atomic E-state index is 2.74. The van der Waals surface area contributed by atoms with Gasteiger partial charge in [0.1, 0.15) is 0 Å². The summed E-state index contributed by atoms with van der Waals surface area (Å²) in [6.45, 7) is 8.36. The highest BCUT2D eigenvalue weighted by molar-refractivity contribution is 5.85. The Morgan fingerprint density at radius 1 is 0.786 bits per heavy atom. The van der Waals surface area contributed by atoms with E-state index >= 15 is 0 Å². The lowest BCUT2D eigenvalue weighted by Crippen LogP contribution is -2.51. The summed E-state index contributed by atoms with van der Waals surface area (Å²) in [7, 11) is 0. The Labute approximate surface area is 183 Å². The highest BCUT2D eigenvalue weighted by atomic mass is 35.5. The third-order valence-corrected chi connectivity index (χ3v) is 6.25. The zero-order valence-electron chi connectivity index (χ0n) is 16.9. The van der Waals surface area contributed by atoms with E-state index in [4.69, 9.17) is 0 Å². The van der Waals surface area contributed by atoms with E-state index in [1.807, 2.05) is 0 Å². The van der Waals surface area contributed by atoms with Gasteiger partial charge in [-0.1, -0.05) is 80.8 Å². The number of nitrogens with zero attached hydrogens (tertiary/aromatic N) is 2. The molecule has 0 bridgehead atoms. The first kappa shape index (κ1) is 23.2. The average Bonchev–Trinajstić information content (AvgIpc) is 2.71. The summed E-state index contributed by atoms with van der Waals surface area (Å²) in [6.07, 6.45) is 5.44. The van der Waals surface area contributed by atoms with Crippen molar-refractivity contribution in [3.8, 4) is 0 Å². The minimum Gasteiger partial charge on any atom is -0.300 e. The van der Waals surface area contributed by atoms with E-state index in [-0.39, 0.29) is 24.8 Å². The first-order chi connectivity index (χ1) is 12.9. The minimum atomic E-state index is 0. The Morgan fingerprint density at radius 3 is 2.25 bits per heavy atom. The molecule has 2 unspecified atom stereocenters. The predicted molar refractivity (Wildman–Crippen MR) is 124 cm³/mol. The summed E-state index contributed by atoms with van der Waals surface area (Å²) < 4.78 is 0. The maximum absolute atomic E-state index is 2.74. The lowest BCUT2D eigenvalue weighted by Gasteiger charge is -2.47. The normalized spacial score (nSPS) is 21.8. The van der Waals surface area contributed by atoms with Crippen LogP contribution in [0.15, 0.2) is 54.6 Å². The zero-order chi connectivity index (χ0) is 17.8. The van der Waals surface area contributed by atoms with Gasteiger partial charge in [-0.3, -0.25) is 4.90 Å². The molecule has 2 aromatic carbocycles. The van der Waals surface area contributed by atoms with Gasteiger partial charge in [-0.15, -0.1) is 24.8 Å². The van der Waals surface area contributed by atoms with Crippen LogP contribution in [0.5, 0.6) is 0 Å². The van der Waals surface area contributed by atoms with Gasteiger partial charge in [-0.05, 0) is 29.7 Å². The summed E-state index contributed by atoms with van der Waals surface area (Å²) in [5.41, 5.74) is 4.57. The summed E-state index contributed by atoms with van der Waals surface area (Å²) in [4.78, 5) is 5.44. The van der Waals surface area contributed by atoms with E-state index in [9.17, 15) is 0 Å². The van der Waals surface area contributed by atoms with E-state index in [1.54, 1.807) is 11.1 Å². The van der Waals surface area contributed by atoms with E-state index in [0.29, 0.717) is 12.0 Å². The first-order valence-electron chi connectivity index (χ1n) is 10.5. The van der Waals surface area contributed by atoms with Gasteiger partial charge >= 0.3 is 0 Å². The highest BCUT2D eigenvalue weighted by Crippen LogP contribution is 2.40. The first-order valence-corrected chi connectivity index (χ1v) is 10.5. The Hall–Kier alpha value is -1.06. The fourth-order valence-electron chi connectivity index (χ4n) is 4.79. The van der Waals surface area contributed by atoms with Crippen molar-refractivity contribution in [3.63, 3.8) is 0 Å². The maximum Gasteiger partial charge on any atom is 0.0479 e. The van der Waals surface area contributed by atoms with Gasteiger partial charge in [0.15, 0.2) is 0 Å². The predicted octanol–water partition coefficient (Wildman–Crippen LogP) is 5.91. The Balaban J connectivity index is 0.00000140. The Bertz CT molecular complexity index is 707. The van der Waals surface area contributed by atoms with Gasteiger partial charge in [0.05, 0.1) is 0 Å². The fourth-order valence-corrected chi connectivity index (χ4v) is 4.79. The van der Waals surface area contributed by atoms with Crippen molar-refractivity contribution in [2.75, 3.05) is 32.7 Å². The molecule has 2 aliphatic rings. The molecule has 0 aromatic heterocycles. The van der Waals surface area contributed by atoms with Gasteiger partial charge in [0.25, 0.3) is 0 Å². The van der Waals surface area contributed by atoms with Crippen molar-refractivity contribution >= 4 is 24.8 Å². The third kappa shape index (κ3) is 5.10. The van der Waals surface area contributed by atoms with Crippen LogP contribution in [0.1, 0.15) is 61.3 Å². The van der Waals surface area contributed by atoms with Crippen LogP contribution < -0.4 is 0 Å². The van der Waals surface area contributed by atoms with Crippen LogP contribution in [-0.2, 0) is 0 Å². The van der Waals surface area contributed by atoms with Crippen LogP contribution in [0.3, 0.4) is 0 Å². The number of benzene rings is 2. The highest BCUT2D eigenvalue weighted by Gasteiger charge is 2.36. The number of fused-ring (bicyclic) bond motifs is 3. The van der Waals surface area contributed by atoms with Crippen LogP contribution in [0.4, 0.5) is 0 Å². The second kappa shape index (κ2) is 11.2. The molecule has 0 saturated carbocycles. The minimum absolute atomic E-state index is 0. The Kier molecular flexibility index (Phi) is 9.30. The van der Waals surface area contributed by atoms with Gasteiger partial charge in [-0.2, -0.15) is 0 Å². The van der Waals surface area contributed by atoms with E-state index in [0.717, 1.165) is 6.54 Å². The second-order valence-corrected chi connectivity index (χ2v) is 7.96. The SMILES string of the molecule is CCCCCCN1CCN2CC(c3ccccc3)c3ccccc3C2C1.Cl.Cl. The molecule has 2 aromatic rings. The molecule has 2 nitrogen and oxygen atoms in total. The standard InChI is InChI=1S/C24H32N2.2ClH/c1-2-3-4-10-15-25-16-17-26-18-23(20-11-6-5-7-12-20)21-13-8-9-14-22(21)24(26)19-25;;/h5-9,11-14,23-24H,2-4,10,15-19H2,1H3;2*1H. The molecule has 28 heavy (non-hydrogen) atoms. The largest absolute Gasteiger partial charge is 0.300 e. The molecule has 0 aliphatic carbocycles. The van der Waals surface area contributed by atoms with Gasteiger partial charge < -0.3 is 4.90 Å². The van der Waals surface area contributed by atoms with Crippen LogP contribution in [0.2, 0.25) is 0 Å². The zero-order valence-corrected chi connectivity index (χ0v) is 18.6. The van der Waals surface area contributed by atoms with Crippen LogP contribution in [0, 0.1) is 0 Å². The molecule has 1 fully saturated rings. The average molecular weight is 421 g/mol. The van der Waals surface area contributed by atoms with Crippen molar-refractivity contribution in [2.45, 2.75) is 44.6 Å². The lowest BCUT2D eigenvalue weighted by atomic mass is 9.80. The lowest BCUT2D eigenvalue weighted by molar-refractivity contribution is 0.0617. The molecule has 2 aliphatic heterocycles. The van der Waals surface area contributed by atoms with Crippen LogP contribution >= 0.6 is 24.8 Å². The summed E-state index contributed by atoms with van der Waals surface area (Å²) in [5, 5.41) is 0. The number of rotatable bonds is 6. The molecule has 0 spiro atoms. The van der Waals surface area contributed by atoms with Crippen molar-refractivity contribution < 1.29 is 0 Å². The van der Waals surface area contributed by atoms with Gasteiger partial charge in [0, 0.05) is 38.1 Å². The van der Waals surface area contributed by atoms with Crippen molar-refractivity contribution in [1.29, 1.82) is 0 Å². The molecule has 4 rings (SSSR count). The van der Waals surface area contributed by atoms with Crippen LogP contribution in [-0.4, -0.2) is 42.5 Å². The molecule has 2 atom stereocenters. The second-order valence-electron chi connectivity index (χ2n) is 7.96. The Morgan fingerprint density at radius 2 is 1.50 bits per heavy atom. The number of piperazine rings is 1. The molecule has 0 amide bonds. The van der Waals surface area contributed by atoms with Crippen molar-refractivity contribution in [1.82, 2.24) is 9.80 Å². The molecule has 2 heterocycles. The van der Waals surface area contributed by atoms with Crippen molar-refractivity contribution in [2.24, 2.45) is 0 Å². The summed E-state index contributed by atoms with van der Waals surface area (Å²) in [6, 6.07) is 20.8. The van der Waals surface area contributed by atoms with Crippen LogP contribution in [0.25, 0.3) is 0 Å². The monoisotopic (exact) mass is 420 g/mol. The molecule has 1 saturated heterocycles. The topological polar surface area (TPSA) is 6.48 Å². The van der Waals surface area contributed by atoms with Gasteiger partial charge in [-0.25, -0.2) is 0 Å². The molecule has 154 valence electrons. The molecular formula is C24H34Cl2N2. The summed E-state index contributed by atoms with van der Waals surface area (Å²) >= 11 is 0. The molecule has 0 radical (unpaired) electrons. The molecule has 0 N–H and O–H groups in total. The number of hydrogen-bond donors (Lipinski definition) is 0. The molecular weight excluding hydrogens is 387 g/mol. The number of halogens is 2. The number of unbranched alkanes of at least 4 members (excludes halogenated alkanes) is 3. The molecule has 4 heteroatoms. The van der Waals surface area contributed by atoms with Gasteiger partial charge in [0.2, 0.25) is 0 Å². The van der Waals surface area contributed by atoms with Crippen molar-refractivity contribution in [3.05, 3.63) is 71.3 Å².